The van der Waals surface area contributed by atoms with Gasteiger partial charge < -0.3 is 15.4 Å². The maximum absolute atomic E-state index is 5.25. The van der Waals surface area contributed by atoms with Crippen LogP contribution in [0.1, 0.15) is 11.1 Å². The third kappa shape index (κ3) is 5.17. The van der Waals surface area contributed by atoms with Crippen LogP contribution in [0.5, 0.6) is 5.75 Å². The Bertz CT molecular complexity index is 795. The van der Waals surface area contributed by atoms with Crippen LogP contribution in [0.15, 0.2) is 61.2 Å². The van der Waals surface area contributed by atoms with Crippen molar-refractivity contribution in [2.24, 2.45) is 0 Å². The van der Waals surface area contributed by atoms with E-state index in [4.69, 9.17) is 4.74 Å². The number of nitrogens with one attached hydrogen (secondary N) is 2. The van der Waals surface area contributed by atoms with Crippen LogP contribution in [0.25, 0.3) is 0 Å². The Hall–Kier alpha value is -3.15. The maximum Gasteiger partial charge on any atom is 0.131 e. The molecule has 0 unspecified atom stereocenters. The molecule has 0 spiro atoms. The molecule has 0 saturated heterocycles. The molecule has 0 aliphatic carbocycles. The lowest BCUT2D eigenvalue weighted by atomic mass is 10.1. The van der Waals surface area contributed by atoms with Gasteiger partial charge in [0.2, 0.25) is 0 Å². The first-order valence-electron chi connectivity index (χ1n) is 8.15. The molecule has 6 nitrogen and oxygen atoms in total. The molecule has 2 heterocycles. The summed E-state index contributed by atoms with van der Waals surface area (Å²) in [6.07, 6.45) is 6.01. The van der Waals surface area contributed by atoms with Crippen LogP contribution in [-0.2, 0) is 13.0 Å². The summed E-state index contributed by atoms with van der Waals surface area (Å²) >= 11 is 0. The van der Waals surface area contributed by atoms with Crippen molar-refractivity contribution in [3.05, 3.63) is 72.3 Å². The van der Waals surface area contributed by atoms with E-state index < -0.39 is 0 Å². The summed E-state index contributed by atoms with van der Waals surface area (Å²) in [5.74, 6) is 2.47. The van der Waals surface area contributed by atoms with Gasteiger partial charge in [0, 0.05) is 31.5 Å². The average molecular weight is 335 g/mol. The number of hydrogen-bond donors (Lipinski definition) is 2. The second-order valence-corrected chi connectivity index (χ2v) is 5.53. The van der Waals surface area contributed by atoms with Crippen molar-refractivity contribution in [1.29, 1.82) is 0 Å². The summed E-state index contributed by atoms with van der Waals surface area (Å²) in [6, 6.07) is 13.9. The van der Waals surface area contributed by atoms with Crippen molar-refractivity contribution >= 4 is 11.6 Å². The van der Waals surface area contributed by atoms with E-state index in [1.54, 1.807) is 25.8 Å². The molecule has 0 atom stereocenters. The van der Waals surface area contributed by atoms with E-state index in [0.717, 1.165) is 35.9 Å². The van der Waals surface area contributed by atoms with Crippen molar-refractivity contribution in [2.75, 3.05) is 24.3 Å². The molecule has 6 heteroatoms. The zero-order valence-electron chi connectivity index (χ0n) is 14.1. The standard InChI is InChI=1S/C19H21N5O/c1-25-17-4-2-3-15(11-17)7-10-21-18-12-19(24-14-23-18)22-13-16-5-8-20-9-6-16/h2-6,8-9,11-12,14H,7,10,13H2,1H3,(H2,21,22,23,24). The minimum absolute atomic E-state index is 0.697. The molecular weight excluding hydrogens is 314 g/mol. The SMILES string of the molecule is COc1cccc(CCNc2cc(NCc3ccncc3)ncn2)c1. The molecule has 25 heavy (non-hydrogen) atoms. The lowest BCUT2D eigenvalue weighted by Crippen LogP contribution is -2.08. The van der Waals surface area contributed by atoms with Crippen molar-refractivity contribution in [3.8, 4) is 5.75 Å². The van der Waals surface area contributed by atoms with Crippen LogP contribution >= 0.6 is 0 Å². The van der Waals surface area contributed by atoms with Crippen molar-refractivity contribution in [3.63, 3.8) is 0 Å². The number of anilines is 2. The van der Waals surface area contributed by atoms with E-state index in [9.17, 15) is 0 Å². The number of aromatic nitrogens is 3. The number of hydrogen-bond acceptors (Lipinski definition) is 6. The van der Waals surface area contributed by atoms with Gasteiger partial charge in [-0.2, -0.15) is 0 Å². The molecule has 2 aromatic heterocycles. The van der Waals surface area contributed by atoms with Gasteiger partial charge in [0.1, 0.15) is 23.7 Å². The Balaban J connectivity index is 1.51. The quantitative estimate of drug-likeness (QED) is 0.659. The molecular formula is C19H21N5O. The number of ether oxygens (including phenoxy) is 1. The average Bonchev–Trinajstić information content (AvgIpc) is 2.68. The lowest BCUT2D eigenvalue weighted by molar-refractivity contribution is 0.414. The lowest BCUT2D eigenvalue weighted by Gasteiger charge is -2.09. The Morgan fingerprint density at radius 2 is 1.72 bits per heavy atom. The fourth-order valence-electron chi connectivity index (χ4n) is 2.41. The van der Waals surface area contributed by atoms with Crippen molar-refractivity contribution < 1.29 is 4.74 Å². The normalized spacial score (nSPS) is 10.3. The molecule has 0 aliphatic rings. The highest BCUT2D eigenvalue weighted by molar-refractivity contribution is 5.46. The molecule has 0 radical (unpaired) electrons. The first-order chi connectivity index (χ1) is 12.3. The minimum Gasteiger partial charge on any atom is -0.497 e. The second-order valence-electron chi connectivity index (χ2n) is 5.53. The van der Waals surface area contributed by atoms with Crippen LogP contribution < -0.4 is 15.4 Å². The fraction of sp³-hybridized carbons (Fsp3) is 0.211. The van der Waals surface area contributed by atoms with Gasteiger partial charge in [0.15, 0.2) is 0 Å². The zero-order chi connectivity index (χ0) is 17.3. The number of nitrogens with zero attached hydrogens (tertiary/aromatic N) is 3. The summed E-state index contributed by atoms with van der Waals surface area (Å²) < 4.78 is 5.25. The Kier molecular flexibility index (Phi) is 5.77. The van der Waals surface area contributed by atoms with E-state index >= 15 is 0 Å². The molecule has 0 fully saturated rings. The van der Waals surface area contributed by atoms with Crippen molar-refractivity contribution in [1.82, 2.24) is 15.0 Å². The van der Waals surface area contributed by atoms with Crippen molar-refractivity contribution in [2.45, 2.75) is 13.0 Å². The van der Waals surface area contributed by atoms with Gasteiger partial charge in [-0.1, -0.05) is 12.1 Å². The monoisotopic (exact) mass is 335 g/mol. The molecule has 3 rings (SSSR count). The molecule has 128 valence electrons. The summed E-state index contributed by atoms with van der Waals surface area (Å²) in [5.41, 5.74) is 2.37. The Morgan fingerprint density at radius 3 is 2.52 bits per heavy atom. The van der Waals surface area contributed by atoms with Gasteiger partial charge >= 0.3 is 0 Å². The molecule has 3 aromatic rings. The fourth-order valence-corrected chi connectivity index (χ4v) is 2.41. The predicted molar refractivity (Wildman–Crippen MR) is 98.8 cm³/mol. The van der Waals surface area contributed by atoms with Gasteiger partial charge in [-0.25, -0.2) is 9.97 Å². The van der Waals surface area contributed by atoms with E-state index in [1.807, 2.05) is 36.4 Å². The summed E-state index contributed by atoms with van der Waals surface area (Å²) in [4.78, 5) is 12.5. The Morgan fingerprint density at radius 1 is 0.920 bits per heavy atom. The van der Waals surface area contributed by atoms with Gasteiger partial charge in [0.05, 0.1) is 7.11 Å². The molecule has 0 amide bonds. The van der Waals surface area contributed by atoms with Crippen LogP contribution in [0, 0.1) is 0 Å². The highest BCUT2D eigenvalue weighted by Crippen LogP contribution is 2.14. The topological polar surface area (TPSA) is 72.0 Å². The largest absolute Gasteiger partial charge is 0.497 e. The van der Waals surface area contributed by atoms with Gasteiger partial charge in [0.25, 0.3) is 0 Å². The minimum atomic E-state index is 0.697. The maximum atomic E-state index is 5.25. The van der Waals surface area contributed by atoms with E-state index in [2.05, 4.69) is 31.7 Å². The highest BCUT2D eigenvalue weighted by atomic mass is 16.5. The van der Waals surface area contributed by atoms with E-state index in [1.165, 1.54) is 5.56 Å². The van der Waals surface area contributed by atoms with Crippen LogP contribution in [0.3, 0.4) is 0 Å². The smallest absolute Gasteiger partial charge is 0.131 e. The van der Waals surface area contributed by atoms with Gasteiger partial charge in [-0.15, -0.1) is 0 Å². The molecule has 0 bridgehead atoms. The summed E-state index contributed by atoms with van der Waals surface area (Å²) in [6.45, 7) is 1.48. The molecule has 0 saturated carbocycles. The second kappa shape index (κ2) is 8.63. The van der Waals surface area contributed by atoms with Crippen LogP contribution in [-0.4, -0.2) is 28.6 Å². The number of pyridine rings is 1. The molecule has 1 aromatic carbocycles. The van der Waals surface area contributed by atoms with E-state index in [0.29, 0.717) is 6.54 Å². The van der Waals surface area contributed by atoms with Crippen LogP contribution in [0.2, 0.25) is 0 Å². The van der Waals surface area contributed by atoms with Crippen LogP contribution in [0.4, 0.5) is 11.6 Å². The van der Waals surface area contributed by atoms with Gasteiger partial charge in [-0.3, -0.25) is 4.98 Å². The number of methoxy groups -OCH3 is 1. The Labute approximate surface area is 147 Å². The third-order valence-electron chi connectivity index (χ3n) is 3.74. The zero-order valence-corrected chi connectivity index (χ0v) is 14.1. The predicted octanol–water partition coefficient (Wildman–Crippen LogP) is 3.15. The third-order valence-corrected chi connectivity index (χ3v) is 3.74. The van der Waals surface area contributed by atoms with E-state index in [-0.39, 0.29) is 0 Å². The number of rotatable bonds is 8. The molecule has 2 N–H and O–H groups in total. The molecule has 0 aliphatic heterocycles. The summed E-state index contributed by atoms with van der Waals surface area (Å²) in [7, 11) is 1.68. The number of benzene rings is 1. The highest BCUT2D eigenvalue weighted by Gasteiger charge is 2.00. The summed E-state index contributed by atoms with van der Waals surface area (Å²) in [5, 5.41) is 6.62. The van der Waals surface area contributed by atoms with Gasteiger partial charge in [-0.05, 0) is 41.8 Å². The first-order valence-corrected chi connectivity index (χ1v) is 8.15. The first kappa shape index (κ1) is 16.7.